The normalized spacial score (nSPS) is 17.9. The minimum atomic E-state index is 0.422. The fourth-order valence-corrected chi connectivity index (χ4v) is 3.84. The quantitative estimate of drug-likeness (QED) is 0.562. The van der Waals surface area contributed by atoms with Crippen LogP contribution in [0.15, 0.2) is 18.2 Å². The maximum absolute atomic E-state index is 5.77. The van der Waals surface area contributed by atoms with E-state index in [1.807, 2.05) is 0 Å². The van der Waals surface area contributed by atoms with Gasteiger partial charge in [-0.05, 0) is 38.7 Å². The minimum absolute atomic E-state index is 0.422. The highest BCUT2D eigenvalue weighted by Gasteiger charge is 2.18. The van der Waals surface area contributed by atoms with Crippen molar-refractivity contribution in [2.75, 3.05) is 6.61 Å². The number of ether oxygens (including phenoxy) is 1. The molecule has 112 valence electrons. The summed E-state index contributed by atoms with van der Waals surface area (Å²) in [5, 5.41) is 0. The molecular formula is C18H27BrO. The van der Waals surface area contributed by atoms with Gasteiger partial charge in [-0.25, -0.2) is 0 Å². The first kappa shape index (κ1) is 15.9. The average molecular weight is 339 g/mol. The molecule has 0 bridgehead atoms. The fraction of sp³-hybridized carbons (Fsp3) is 0.667. The predicted molar refractivity (Wildman–Crippen MR) is 89.8 cm³/mol. The lowest BCUT2D eigenvalue weighted by Crippen LogP contribution is -2.07. The molecule has 0 spiro atoms. The standard InChI is InChI=1S/C18H27BrO/c1-3-20-18-12-9-14(2)13-16(18)17(19)11-10-15-7-5-4-6-8-15/h9,12-13,15,17H,3-8,10-11H2,1-2H3. The van der Waals surface area contributed by atoms with Crippen molar-refractivity contribution < 1.29 is 4.74 Å². The molecule has 1 aliphatic carbocycles. The molecule has 1 aromatic carbocycles. The van der Waals surface area contributed by atoms with Gasteiger partial charge in [0.1, 0.15) is 5.75 Å². The first-order valence-corrected chi connectivity index (χ1v) is 8.99. The summed E-state index contributed by atoms with van der Waals surface area (Å²) >= 11 is 3.89. The van der Waals surface area contributed by atoms with Crippen molar-refractivity contribution in [2.45, 2.75) is 63.6 Å². The van der Waals surface area contributed by atoms with Gasteiger partial charge in [-0.2, -0.15) is 0 Å². The molecule has 2 rings (SSSR count). The molecule has 0 heterocycles. The molecule has 0 radical (unpaired) electrons. The Labute approximate surface area is 132 Å². The van der Waals surface area contributed by atoms with E-state index in [1.165, 1.54) is 56.1 Å². The topological polar surface area (TPSA) is 9.23 Å². The van der Waals surface area contributed by atoms with Crippen LogP contribution in [-0.2, 0) is 0 Å². The van der Waals surface area contributed by atoms with Gasteiger partial charge >= 0.3 is 0 Å². The van der Waals surface area contributed by atoms with Crippen LogP contribution in [0.1, 0.15) is 67.8 Å². The van der Waals surface area contributed by atoms with Crippen LogP contribution in [-0.4, -0.2) is 6.61 Å². The molecular weight excluding hydrogens is 312 g/mol. The molecule has 2 heteroatoms. The van der Waals surface area contributed by atoms with Crippen molar-refractivity contribution in [1.82, 2.24) is 0 Å². The predicted octanol–water partition coefficient (Wildman–Crippen LogP) is 6.19. The highest BCUT2D eigenvalue weighted by Crippen LogP contribution is 2.38. The summed E-state index contributed by atoms with van der Waals surface area (Å²) in [6.45, 7) is 4.94. The molecule has 0 N–H and O–H groups in total. The first-order valence-electron chi connectivity index (χ1n) is 8.08. The summed E-state index contributed by atoms with van der Waals surface area (Å²) in [6, 6.07) is 6.52. The van der Waals surface area contributed by atoms with Crippen LogP contribution in [0.25, 0.3) is 0 Å². The minimum Gasteiger partial charge on any atom is -0.494 e. The molecule has 0 saturated heterocycles. The molecule has 1 saturated carbocycles. The number of hydrogen-bond acceptors (Lipinski definition) is 1. The lowest BCUT2D eigenvalue weighted by molar-refractivity contribution is 0.325. The van der Waals surface area contributed by atoms with E-state index in [0.717, 1.165) is 18.3 Å². The summed E-state index contributed by atoms with van der Waals surface area (Å²) in [5.41, 5.74) is 2.63. The van der Waals surface area contributed by atoms with E-state index in [1.54, 1.807) is 0 Å². The zero-order valence-electron chi connectivity index (χ0n) is 12.8. The van der Waals surface area contributed by atoms with Crippen LogP contribution in [0.5, 0.6) is 5.75 Å². The Bertz CT molecular complexity index is 410. The zero-order chi connectivity index (χ0) is 14.4. The molecule has 1 aromatic rings. The van der Waals surface area contributed by atoms with E-state index >= 15 is 0 Å². The van der Waals surface area contributed by atoms with Crippen molar-refractivity contribution in [3.8, 4) is 5.75 Å². The van der Waals surface area contributed by atoms with Gasteiger partial charge in [0.05, 0.1) is 6.61 Å². The van der Waals surface area contributed by atoms with Crippen LogP contribution >= 0.6 is 15.9 Å². The Hall–Kier alpha value is -0.500. The van der Waals surface area contributed by atoms with Gasteiger partial charge in [0.15, 0.2) is 0 Å². The number of rotatable bonds is 6. The Morgan fingerprint density at radius 2 is 2.00 bits per heavy atom. The monoisotopic (exact) mass is 338 g/mol. The van der Waals surface area contributed by atoms with Crippen molar-refractivity contribution in [3.63, 3.8) is 0 Å². The highest BCUT2D eigenvalue weighted by atomic mass is 79.9. The van der Waals surface area contributed by atoms with E-state index in [0.29, 0.717) is 4.83 Å². The Morgan fingerprint density at radius 1 is 1.25 bits per heavy atom. The van der Waals surface area contributed by atoms with Crippen molar-refractivity contribution >= 4 is 15.9 Å². The first-order chi connectivity index (χ1) is 9.70. The number of aryl methyl sites for hydroxylation is 1. The van der Waals surface area contributed by atoms with E-state index in [4.69, 9.17) is 4.74 Å². The summed E-state index contributed by atoms with van der Waals surface area (Å²) in [5.74, 6) is 1.99. The maximum Gasteiger partial charge on any atom is 0.123 e. The van der Waals surface area contributed by atoms with Crippen LogP contribution in [0.3, 0.4) is 0 Å². The third-order valence-corrected chi connectivity index (χ3v) is 5.31. The van der Waals surface area contributed by atoms with Gasteiger partial charge in [0.25, 0.3) is 0 Å². The van der Waals surface area contributed by atoms with Gasteiger partial charge in [-0.15, -0.1) is 0 Å². The second-order valence-electron chi connectivity index (χ2n) is 6.02. The Balaban J connectivity index is 1.96. The van der Waals surface area contributed by atoms with Gasteiger partial charge < -0.3 is 4.74 Å². The summed E-state index contributed by atoms with van der Waals surface area (Å²) < 4.78 is 5.77. The van der Waals surface area contributed by atoms with E-state index < -0.39 is 0 Å². The summed E-state index contributed by atoms with van der Waals surface area (Å²) in [4.78, 5) is 0.422. The van der Waals surface area contributed by atoms with Crippen molar-refractivity contribution in [1.29, 1.82) is 0 Å². The lowest BCUT2D eigenvalue weighted by atomic mass is 9.85. The van der Waals surface area contributed by atoms with Gasteiger partial charge in [-0.1, -0.05) is 65.7 Å². The second-order valence-corrected chi connectivity index (χ2v) is 7.13. The van der Waals surface area contributed by atoms with Gasteiger partial charge in [0.2, 0.25) is 0 Å². The molecule has 0 aromatic heterocycles. The number of halogens is 1. The lowest BCUT2D eigenvalue weighted by Gasteiger charge is -2.23. The van der Waals surface area contributed by atoms with E-state index in [2.05, 4.69) is 48.0 Å². The van der Waals surface area contributed by atoms with Crippen LogP contribution in [0.2, 0.25) is 0 Å². The maximum atomic E-state index is 5.77. The molecule has 1 fully saturated rings. The molecule has 1 nitrogen and oxygen atoms in total. The van der Waals surface area contributed by atoms with Crippen molar-refractivity contribution in [3.05, 3.63) is 29.3 Å². The molecule has 1 unspecified atom stereocenters. The number of hydrogen-bond donors (Lipinski definition) is 0. The SMILES string of the molecule is CCOc1ccc(C)cc1C(Br)CCC1CCCCC1. The number of benzene rings is 1. The highest BCUT2D eigenvalue weighted by molar-refractivity contribution is 9.09. The molecule has 0 aliphatic heterocycles. The third-order valence-electron chi connectivity index (χ3n) is 4.36. The zero-order valence-corrected chi connectivity index (χ0v) is 14.4. The van der Waals surface area contributed by atoms with Crippen LogP contribution in [0.4, 0.5) is 0 Å². The Kier molecular flexibility index (Phi) is 6.41. The van der Waals surface area contributed by atoms with E-state index in [-0.39, 0.29) is 0 Å². The van der Waals surface area contributed by atoms with Crippen LogP contribution in [0, 0.1) is 12.8 Å². The van der Waals surface area contributed by atoms with Gasteiger partial charge in [0, 0.05) is 10.4 Å². The van der Waals surface area contributed by atoms with E-state index in [9.17, 15) is 0 Å². The largest absolute Gasteiger partial charge is 0.494 e. The third kappa shape index (κ3) is 4.51. The summed E-state index contributed by atoms with van der Waals surface area (Å²) in [6.07, 6.45) is 9.75. The molecule has 20 heavy (non-hydrogen) atoms. The average Bonchev–Trinajstić information content (AvgIpc) is 2.48. The Morgan fingerprint density at radius 3 is 2.70 bits per heavy atom. The molecule has 1 atom stereocenters. The second kappa shape index (κ2) is 8.07. The fourth-order valence-electron chi connectivity index (χ4n) is 3.21. The van der Waals surface area contributed by atoms with Crippen LogP contribution < -0.4 is 4.74 Å². The number of alkyl halides is 1. The van der Waals surface area contributed by atoms with Gasteiger partial charge in [-0.3, -0.25) is 0 Å². The molecule has 0 amide bonds. The molecule has 1 aliphatic rings. The summed E-state index contributed by atoms with van der Waals surface area (Å²) in [7, 11) is 0. The smallest absolute Gasteiger partial charge is 0.123 e. The van der Waals surface area contributed by atoms with Crippen molar-refractivity contribution in [2.24, 2.45) is 5.92 Å².